The molecule has 0 aliphatic carbocycles. The molecular weight excluding hydrogens is 257 g/mol. The number of nitrogens with two attached hydrogens (primary N) is 1. The standard InChI is InChI=1S/C15H20FN3O/c1-9(2)13-7-14(20)19(15(17)18-13)8-11-4-10(3)5-12(16)6-11/h4-6,9,13H,7-8H2,1-3H3,(H2,17,18). The lowest BCUT2D eigenvalue weighted by Crippen LogP contribution is -2.47. The van der Waals surface area contributed by atoms with Crippen molar-refractivity contribution in [1.29, 1.82) is 0 Å². The number of hydrogen-bond donors (Lipinski definition) is 1. The van der Waals surface area contributed by atoms with Gasteiger partial charge in [0.15, 0.2) is 5.96 Å². The van der Waals surface area contributed by atoms with Crippen molar-refractivity contribution in [2.24, 2.45) is 16.6 Å². The first-order valence-electron chi connectivity index (χ1n) is 6.76. The van der Waals surface area contributed by atoms with Crippen LogP contribution in [0.4, 0.5) is 4.39 Å². The van der Waals surface area contributed by atoms with E-state index in [1.165, 1.54) is 17.0 Å². The number of aliphatic imine (C=N–C) groups is 1. The summed E-state index contributed by atoms with van der Waals surface area (Å²) < 4.78 is 13.4. The Morgan fingerprint density at radius 1 is 1.45 bits per heavy atom. The zero-order valence-electron chi connectivity index (χ0n) is 12.1. The fourth-order valence-corrected chi connectivity index (χ4v) is 2.34. The minimum absolute atomic E-state index is 0.0573. The highest BCUT2D eigenvalue weighted by Crippen LogP contribution is 2.19. The molecule has 1 aliphatic rings. The van der Waals surface area contributed by atoms with E-state index in [1.807, 2.05) is 26.8 Å². The van der Waals surface area contributed by atoms with E-state index in [-0.39, 0.29) is 36.2 Å². The summed E-state index contributed by atoms with van der Waals surface area (Å²) in [5.41, 5.74) is 7.42. The summed E-state index contributed by atoms with van der Waals surface area (Å²) in [4.78, 5) is 17.9. The van der Waals surface area contributed by atoms with Crippen LogP contribution in [0.3, 0.4) is 0 Å². The van der Waals surface area contributed by atoms with E-state index in [0.717, 1.165) is 11.1 Å². The predicted octanol–water partition coefficient (Wildman–Crippen LogP) is 2.21. The fourth-order valence-electron chi connectivity index (χ4n) is 2.34. The van der Waals surface area contributed by atoms with Gasteiger partial charge in [0.2, 0.25) is 5.91 Å². The van der Waals surface area contributed by atoms with E-state index in [0.29, 0.717) is 6.42 Å². The van der Waals surface area contributed by atoms with Crippen molar-refractivity contribution in [3.8, 4) is 0 Å². The zero-order valence-corrected chi connectivity index (χ0v) is 12.1. The highest BCUT2D eigenvalue weighted by atomic mass is 19.1. The molecule has 5 heteroatoms. The molecule has 108 valence electrons. The quantitative estimate of drug-likeness (QED) is 0.920. The summed E-state index contributed by atoms with van der Waals surface area (Å²) in [5, 5.41) is 0. The predicted molar refractivity (Wildman–Crippen MR) is 76.6 cm³/mol. The second-order valence-electron chi connectivity index (χ2n) is 5.62. The van der Waals surface area contributed by atoms with Crippen molar-refractivity contribution < 1.29 is 9.18 Å². The van der Waals surface area contributed by atoms with E-state index in [1.54, 1.807) is 0 Å². The van der Waals surface area contributed by atoms with Crippen molar-refractivity contribution in [2.75, 3.05) is 0 Å². The lowest BCUT2D eigenvalue weighted by molar-refractivity contribution is -0.129. The first-order valence-corrected chi connectivity index (χ1v) is 6.76. The normalized spacial score (nSPS) is 19.4. The topological polar surface area (TPSA) is 58.7 Å². The van der Waals surface area contributed by atoms with E-state index in [9.17, 15) is 9.18 Å². The number of guanidine groups is 1. The van der Waals surface area contributed by atoms with Crippen molar-refractivity contribution in [2.45, 2.75) is 39.8 Å². The van der Waals surface area contributed by atoms with Crippen LogP contribution in [0.25, 0.3) is 0 Å². The van der Waals surface area contributed by atoms with Crippen molar-refractivity contribution >= 4 is 11.9 Å². The van der Waals surface area contributed by atoms with E-state index in [2.05, 4.69) is 4.99 Å². The zero-order chi connectivity index (χ0) is 14.9. The summed E-state index contributed by atoms with van der Waals surface area (Å²) in [6.45, 7) is 6.11. The van der Waals surface area contributed by atoms with Crippen molar-refractivity contribution in [3.63, 3.8) is 0 Å². The van der Waals surface area contributed by atoms with Gasteiger partial charge >= 0.3 is 0 Å². The Labute approximate surface area is 118 Å². The molecule has 20 heavy (non-hydrogen) atoms. The molecule has 1 aliphatic heterocycles. The van der Waals surface area contributed by atoms with Gasteiger partial charge in [0.1, 0.15) is 5.82 Å². The Bertz CT molecular complexity index is 534. The highest BCUT2D eigenvalue weighted by Gasteiger charge is 2.29. The lowest BCUT2D eigenvalue weighted by atomic mass is 9.99. The van der Waals surface area contributed by atoms with Crippen LogP contribution in [0.2, 0.25) is 0 Å². The summed E-state index contributed by atoms with van der Waals surface area (Å²) >= 11 is 0. The third kappa shape index (κ3) is 3.15. The summed E-state index contributed by atoms with van der Waals surface area (Å²) in [6.07, 6.45) is 0.354. The van der Waals surface area contributed by atoms with Crippen molar-refractivity contribution in [3.05, 3.63) is 35.1 Å². The second-order valence-corrected chi connectivity index (χ2v) is 5.62. The molecular formula is C15H20FN3O. The van der Waals surface area contributed by atoms with Gasteiger partial charge in [0, 0.05) is 0 Å². The molecule has 0 fully saturated rings. The Hall–Kier alpha value is -1.91. The molecule has 0 saturated carbocycles. The van der Waals surface area contributed by atoms with Crippen LogP contribution in [-0.4, -0.2) is 22.8 Å². The van der Waals surface area contributed by atoms with Gasteiger partial charge in [-0.2, -0.15) is 0 Å². The van der Waals surface area contributed by atoms with Crippen LogP contribution >= 0.6 is 0 Å². The third-order valence-corrected chi connectivity index (χ3v) is 3.47. The van der Waals surface area contributed by atoms with Gasteiger partial charge in [-0.1, -0.05) is 19.9 Å². The van der Waals surface area contributed by atoms with Crippen LogP contribution < -0.4 is 5.73 Å². The van der Waals surface area contributed by atoms with Crippen LogP contribution in [0, 0.1) is 18.7 Å². The first-order chi connectivity index (χ1) is 9.36. The van der Waals surface area contributed by atoms with Crippen LogP contribution in [0.15, 0.2) is 23.2 Å². The molecule has 0 spiro atoms. The molecule has 2 rings (SSSR count). The molecule has 0 radical (unpaired) electrons. The number of nitrogens with zero attached hydrogens (tertiary/aromatic N) is 2. The smallest absolute Gasteiger partial charge is 0.231 e. The summed E-state index contributed by atoms with van der Waals surface area (Å²) in [5.74, 6) is 0.135. The molecule has 0 aromatic heterocycles. The Kier molecular flexibility index (Phi) is 4.06. The SMILES string of the molecule is Cc1cc(F)cc(CN2C(=O)CC(C(C)C)N=C2N)c1. The number of hydrogen-bond acceptors (Lipinski definition) is 3. The maximum atomic E-state index is 13.4. The number of amides is 1. The van der Waals surface area contributed by atoms with Gasteiger partial charge in [-0.25, -0.2) is 9.38 Å². The fraction of sp³-hybridized carbons (Fsp3) is 0.467. The molecule has 1 aromatic carbocycles. The molecule has 1 heterocycles. The molecule has 4 nitrogen and oxygen atoms in total. The number of carbonyl (C=O) groups is 1. The Balaban J connectivity index is 2.21. The summed E-state index contributed by atoms with van der Waals surface area (Å²) in [6, 6.07) is 4.65. The van der Waals surface area contributed by atoms with Gasteiger partial charge in [0.05, 0.1) is 19.0 Å². The average Bonchev–Trinajstić information content (AvgIpc) is 2.32. The van der Waals surface area contributed by atoms with Crippen LogP contribution in [0.1, 0.15) is 31.4 Å². The minimum atomic E-state index is -0.306. The minimum Gasteiger partial charge on any atom is -0.369 e. The van der Waals surface area contributed by atoms with E-state index in [4.69, 9.17) is 5.73 Å². The van der Waals surface area contributed by atoms with E-state index < -0.39 is 0 Å². The van der Waals surface area contributed by atoms with Crippen LogP contribution in [-0.2, 0) is 11.3 Å². The molecule has 0 bridgehead atoms. The van der Waals surface area contributed by atoms with Gasteiger partial charge in [-0.05, 0) is 36.1 Å². The number of aryl methyl sites for hydroxylation is 1. The van der Waals surface area contributed by atoms with Crippen LogP contribution in [0.5, 0.6) is 0 Å². The van der Waals surface area contributed by atoms with Gasteiger partial charge < -0.3 is 5.73 Å². The Morgan fingerprint density at radius 2 is 2.15 bits per heavy atom. The molecule has 1 aromatic rings. The largest absolute Gasteiger partial charge is 0.369 e. The number of carbonyl (C=O) groups excluding carboxylic acids is 1. The van der Waals surface area contributed by atoms with E-state index >= 15 is 0 Å². The summed E-state index contributed by atoms with van der Waals surface area (Å²) in [7, 11) is 0. The number of halogens is 1. The second kappa shape index (κ2) is 5.61. The van der Waals surface area contributed by atoms with Gasteiger partial charge in [0.25, 0.3) is 0 Å². The highest BCUT2D eigenvalue weighted by molar-refractivity contribution is 5.98. The molecule has 2 N–H and O–H groups in total. The van der Waals surface area contributed by atoms with Crippen molar-refractivity contribution in [1.82, 2.24) is 4.90 Å². The Morgan fingerprint density at radius 3 is 2.70 bits per heavy atom. The molecule has 1 unspecified atom stereocenters. The number of benzene rings is 1. The molecule has 0 saturated heterocycles. The monoisotopic (exact) mass is 277 g/mol. The molecule has 1 amide bonds. The van der Waals surface area contributed by atoms with Gasteiger partial charge in [-0.15, -0.1) is 0 Å². The maximum Gasteiger partial charge on any atom is 0.231 e. The third-order valence-electron chi connectivity index (χ3n) is 3.47. The lowest BCUT2D eigenvalue weighted by Gasteiger charge is -2.30. The first kappa shape index (κ1) is 14.5. The average molecular weight is 277 g/mol. The number of rotatable bonds is 3. The molecule has 1 atom stereocenters. The van der Waals surface area contributed by atoms with Gasteiger partial charge in [-0.3, -0.25) is 9.69 Å². The maximum absolute atomic E-state index is 13.4.